The summed E-state index contributed by atoms with van der Waals surface area (Å²) in [6.45, 7) is 2.80. The van der Waals surface area contributed by atoms with Gasteiger partial charge in [-0.05, 0) is 37.9 Å². The van der Waals surface area contributed by atoms with Gasteiger partial charge in [-0.1, -0.05) is 18.2 Å². The van der Waals surface area contributed by atoms with Gasteiger partial charge in [-0.15, -0.1) is 0 Å². The van der Waals surface area contributed by atoms with Gasteiger partial charge in [-0.3, -0.25) is 4.79 Å². The summed E-state index contributed by atoms with van der Waals surface area (Å²) in [5.74, 6) is 0.519. The molecule has 1 fully saturated rings. The quantitative estimate of drug-likeness (QED) is 0.867. The van der Waals surface area contributed by atoms with Gasteiger partial charge >= 0.3 is 0 Å². The second-order valence-corrected chi connectivity index (χ2v) is 4.93. The predicted octanol–water partition coefficient (Wildman–Crippen LogP) is 1.40. The van der Waals surface area contributed by atoms with E-state index < -0.39 is 0 Å². The van der Waals surface area contributed by atoms with Crippen molar-refractivity contribution in [1.29, 1.82) is 0 Å². The molecule has 4 nitrogen and oxygen atoms in total. The lowest BCUT2D eigenvalue weighted by molar-refractivity contribution is 0.320. The molecule has 0 unspecified atom stereocenters. The topological polar surface area (TPSA) is 46.9 Å². The van der Waals surface area contributed by atoms with Crippen molar-refractivity contribution in [3.05, 3.63) is 40.8 Å². The maximum absolute atomic E-state index is 12.3. The maximum Gasteiger partial charge on any atom is 0.274 e. The monoisotopic (exact) mass is 243 g/mol. The van der Waals surface area contributed by atoms with Crippen LogP contribution in [0.5, 0.6) is 0 Å². The van der Waals surface area contributed by atoms with Crippen molar-refractivity contribution in [3.63, 3.8) is 0 Å². The molecule has 1 saturated heterocycles. The van der Waals surface area contributed by atoms with Crippen molar-refractivity contribution in [2.75, 3.05) is 13.1 Å². The molecular formula is C14H17N3O. The van der Waals surface area contributed by atoms with E-state index in [0.29, 0.717) is 5.92 Å². The molecule has 0 aliphatic carbocycles. The Morgan fingerprint density at radius 3 is 3.11 bits per heavy atom. The fourth-order valence-electron chi connectivity index (χ4n) is 2.58. The summed E-state index contributed by atoms with van der Waals surface area (Å²) in [7, 11) is 0. The molecule has 3 rings (SSSR count). The van der Waals surface area contributed by atoms with Crippen LogP contribution in [0.4, 0.5) is 0 Å². The largest absolute Gasteiger partial charge is 0.316 e. The molecule has 0 bridgehead atoms. The number of benzene rings is 1. The van der Waals surface area contributed by atoms with Crippen LogP contribution in [0.2, 0.25) is 0 Å². The first kappa shape index (κ1) is 11.4. The van der Waals surface area contributed by atoms with E-state index in [-0.39, 0.29) is 5.56 Å². The number of aromatic nitrogens is 2. The van der Waals surface area contributed by atoms with Crippen molar-refractivity contribution in [2.24, 2.45) is 5.92 Å². The van der Waals surface area contributed by atoms with Crippen molar-refractivity contribution in [1.82, 2.24) is 15.1 Å². The zero-order chi connectivity index (χ0) is 12.4. The molecule has 2 heterocycles. The lowest BCUT2D eigenvalue weighted by Crippen LogP contribution is -2.35. The highest BCUT2D eigenvalue weighted by atomic mass is 16.1. The highest BCUT2D eigenvalue weighted by molar-refractivity contribution is 5.80. The Morgan fingerprint density at radius 1 is 1.39 bits per heavy atom. The summed E-state index contributed by atoms with van der Waals surface area (Å²) >= 11 is 0. The highest BCUT2D eigenvalue weighted by Gasteiger charge is 2.15. The molecule has 0 spiro atoms. The molecule has 1 aromatic heterocycles. The Morgan fingerprint density at radius 2 is 2.28 bits per heavy atom. The van der Waals surface area contributed by atoms with E-state index >= 15 is 0 Å². The Balaban J connectivity index is 1.92. The molecule has 2 aromatic rings. The summed E-state index contributed by atoms with van der Waals surface area (Å²) < 4.78 is 1.61. The molecular weight excluding hydrogens is 226 g/mol. The summed E-state index contributed by atoms with van der Waals surface area (Å²) in [6.07, 6.45) is 4.15. The number of fused-ring (bicyclic) bond motifs is 1. The summed E-state index contributed by atoms with van der Waals surface area (Å²) in [4.78, 5) is 12.3. The van der Waals surface area contributed by atoms with Crippen LogP contribution in [-0.4, -0.2) is 22.9 Å². The van der Waals surface area contributed by atoms with Crippen LogP contribution in [0, 0.1) is 5.92 Å². The molecule has 0 radical (unpaired) electrons. The molecule has 94 valence electrons. The molecule has 1 atom stereocenters. The molecule has 0 saturated carbocycles. The lowest BCUT2D eigenvalue weighted by atomic mass is 10.00. The van der Waals surface area contributed by atoms with Gasteiger partial charge in [-0.25, -0.2) is 4.68 Å². The van der Waals surface area contributed by atoms with E-state index in [1.165, 1.54) is 12.8 Å². The van der Waals surface area contributed by atoms with Crippen LogP contribution in [0.1, 0.15) is 12.8 Å². The number of hydrogen-bond acceptors (Lipinski definition) is 3. The number of nitrogens with one attached hydrogen (secondary N) is 1. The van der Waals surface area contributed by atoms with E-state index in [1.54, 1.807) is 10.9 Å². The van der Waals surface area contributed by atoms with Crippen molar-refractivity contribution in [2.45, 2.75) is 19.4 Å². The van der Waals surface area contributed by atoms with Crippen LogP contribution >= 0.6 is 0 Å². The minimum absolute atomic E-state index is 0.0265. The van der Waals surface area contributed by atoms with Gasteiger partial charge in [0.2, 0.25) is 0 Å². The third-order valence-corrected chi connectivity index (χ3v) is 3.59. The second-order valence-electron chi connectivity index (χ2n) is 4.93. The standard InChI is InChI=1S/C14H17N3O/c18-14-13-6-2-1-5-12(13)9-16-17(14)10-11-4-3-7-15-8-11/h1-2,5-6,9,11,15H,3-4,7-8,10H2/t11-/m0/s1. The first-order chi connectivity index (χ1) is 8.84. The van der Waals surface area contributed by atoms with E-state index in [9.17, 15) is 4.79 Å². The van der Waals surface area contributed by atoms with Gasteiger partial charge in [0, 0.05) is 11.9 Å². The second kappa shape index (κ2) is 4.90. The van der Waals surface area contributed by atoms with Crippen LogP contribution < -0.4 is 10.9 Å². The van der Waals surface area contributed by atoms with Crippen molar-refractivity contribution >= 4 is 10.8 Å². The first-order valence-electron chi connectivity index (χ1n) is 6.50. The van der Waals surface area contributed by atoms with Crippen LogP contribution in [0.25, 0.3) is 10.8 Å². The van der Waals surface area contributed by atoms with Gasteiger partial charge in [0.25, 0.3) is 5.56 Å². The van der Waals surface area contributed by atoms with Crippen LogP contribution in [-0.2, 0) is 6.54 Å². The number of nitrogens with zero attached hydrogens (tertiary/aromatic N) is 2. The Labute approximate surface area is 106 Å². The first-order valence-corrected chi connectivity index (χ1v) is 6.50. The van der Waals surface area contributed by atoms with E-state index in [2.05, 4.69) is 10.4 Å². The normalized spacial score (nSPS) is 20.1. The Bertz CT molecular complexity index is 599. The number of hydrogen-bond donors (Lipinski definition) is 1. The summed E-state index contributed by atoms with van der Waals surface area (Å²) in [6, 6.07) is 7.63. The fourth-order valence-corrected chi connectivity index (χ4v) is 2.58. The van der Waals surface area contributed by atoms with E-state index in [1.807, 2.05) is 24.3 Å². The third kappa shape index (κ3) is 2.16. The molecule has 1 N–H and O–H groups in total. The molecule has 0 amide bonds. The maximum atomic E-state index is 12.3. The number of rotatable bonds is 2. The highest BCUT2D eigenvalue weighted by Crippen LogP contribution is 2.12. The van der Waals surface area contributed by atoms with Crippen LogP contribution in [0.15, 0.2) is 35.3 Å². The van der Waals surface area contributed by atoms with Crippen LogP contribution in [0.3, 0.4) is 0 Å². The smallest absolute Gasteiger partial charge is 0.274 e. The minimum atomic E-state index is 0.0265. The van der Waals surface area contributed by atoms with Gasteiger partial charge in [0.15, 0.2) is 0 Å². The average Bonchev–Trinajstić information content (AvgIpc) is 2.43. The van der Waals surface area contributed by atoms with E-state index in [0.717, 1.165) is 30.4 Å². The molecule has 4 heteroatoms. The summed E-state index contributed by atoms with van der Waals surface area (Å²) in [5, 5.41) is 9.32. The van der Waals surface area contributed by atoms with Crippen molar-refractivity contribution in [3.8, 4) is 0 Å². The van der Waals surface area contributed by atoms with Gasteiger partial charge in [-0.2, -0.15) is 5.10 Å². The predicted molar refractivity (Wildman–Crippen MR) is 71.6 cm³/mol. The summed E-state index contributed by atoms with van der Waals surface area (Å²) in [5.41, 5.74) is 0.0265. The van der Waals surface area contributed by atoms with Gasteiger partial charge in [0.05, 0.1) is 11.6 Å². The van der Waals surface area contributed by atoms with Gasteiger partial charge in [0.1, 0.15) is 0 Å². The Hall–Kier alpha value is -1.68. The molecule has 1 aliphatic rings. The molecule has 1 aliphatic heterocycles. The zero-order valence-electron chi connectivity index (χ0n) is 10.3. The SMILES string of the molecule is O=c1c2ccccc2cnn1C[C@H]1CCCNC1. The lowest BCUT2D eigenvalue weighted by Gasteiger charge is -2.22. The molecule has 1 aromatic carbocycles. The third-order valence-electron chi connectivity index (χ3n) is 3.59. The fraction of sp³-hybridized carbons (Fsp3) is 0.429. The average molecular weight is 243 g/mol. The Kier molecular flexibility index (Phi) is 3.11. The van der Waals surface area contributed by atoms with E-state index in [4.69, 9.17) is 0 Å². The minimum Gasteiger partial charge on any atom is -0.316 e. The van der Waals surface area contributed by atoms with Gasteiger partial charge < -0.3 is 5.32 Å². The van der Waals surface area contributed by atoms with Crippen molar-refractivity contribution < 1.29 is 0 Å². The number of piperidine rings is 1. The molecule has 18 heavy (non-hydrogen) atoms. The zero-order valence-corrected chi connectivity index (χ0v) is 10.3.